The number of pyridine rings is 1. The molecule has 0 amide bonds. The number of nitrogens with one attached hydrogen (secondary N) is 1. The Bertz CT molecular complexity index is 211. The van der Waals surface area contributed by atoms with Crippen LogP contribution >= 0.6 is 0 Å². The van der Waals surface area contributed by atoms with Crippen LogP contribution in [0.4, 0.5) is 0 Å². The van der Waals surface area contributed by atoms with Crippen molar-refractivity contribution in [3.8, 4) is 0 Å². The Labute approximate surface area is 72.5 Å². The first-order valence-corrected chi connectivity index (χ1v) is 4.09. The van der Waals surface area contributed by atoms with Crippen LogP contribution in [0.2, 0.25) is 0 Å². The van der Waals surface area contributed by atoms with Gasteiger partial charge in [0.2, 0.25) is 0 Å². The lowest BCUT2D eigenvalue weighted by atomic mass is 10.2. The SMILES string of the molecule is CC(O)NCCc1cccnc1. The Morgan fingerprint density at radius 1 is 1.67 bits per heavy atom. The molecule has 0 saturated heterocycles. The molecule has 1 aromatic heterocycles. The van der Waals surface area contributed by atoms with Crippen LogP contribution in [0.3, 0.4) is 0 Å². The standard InChI is InChI=1S/C9H14N2O/c1-8(12)11-6-4-9-3-2-5-10-7-9/h2-3,5,7-8,11-12H,4,6H2,1H3. The van der Waals surface area contributed by atoms with Gasteiger partial charge in [0.05, 0.1) is 0 Å². The highest BCUT2D eigenvalue weighted by Crippen LogP contribution is 1.95. The van der Waals surface area contributed by atoms with Gasteiger partial charge in [-0.05, 0) is 25.0 Å². The van der Waals surface area contributed by atoms with Crippen molar-refractivity contribution in [2.45, 2.75) is 19.6 Å². The second kappa shape index (κ2) is 4.85. The van der Waals surface area contributed by atoms with Crippen molar-refractivity contribution >= 4 is 0 Å². The molecule has 1 unspecified atom stereocenters. The van der Waals surface area contributed by atoms with Crippen LogP contribution in [0.15, 0.2) is 24.5 Å². The zero-order valence-corrected chi connectivity index (χ0v) is 7.20. The third-order valence-electron chi connectivity index (χ3n) is 1.58. The van der Waals surface area contributed by atoms with Gasteiger partial charge in [-0.15, -0.1) is 0 Å². The Kier molecular flexibility index (Phi) is 3.70. The predicted molar refractivity (Wildman–Crippen MR) is 47.6 cm³/mol. The highest BCUT2D eigenvalue weighted by atomic mass is 16.3. The Morgan fingerprint density at radius 2 is 2.50 bits per heavy atom. The summed E-state index contributed by atoms with van der Waals surface area (Å²) < 4.78 is 0. The summed E-state index contributed by atoms with van der Waals surface area (Å²) in [6.07, 6.45) is 4.07. The van der Waals surface area contributed by atoms with E-state index in [1.165, 1.54) is 5.56 Å². The van der Waals surface area contributed by atoms with E-state index in [0.29, 0.717) is 0 Å². The van der Waals surface area contributed by atoms with Gasteiger partial charge in [-0.3, -0.25) is 10.3 Å². The summed E-state index contributed by atoms with van der Waals surface area (Å²) in [5.74, 6) is 0. The third kappa shape index (κ3) is 3.46. The van der Waals surface area contributed by atoms with Crippen molar-refractivity contribution < 1.29 is 5.11 Å². The fourth-order valence-corrected chi connectivity index (χ4v) is 0.971. The number of aliphatic hydroxyl groups is 1. The van der Waals surface area contributed by atoms with E-state index in [9.17, 15) is 0 Å². The zero-order valence-electron chi connectivity index (χ0n) is 7.20. The zero-order chi connectivity index (χ0) is 8.81. The van der Waals surface area contributed by atoms with Crippen molar-refractivity contribution in [1.82, 2.24) is 10.3 Å². The molecule has 0 aliphatic carbocycles. The van der Waals surface area contributed by atoms with Gasteiger partial charge >= 0.3 is 0 Å². The summed E-state index contributed by atoms with van der Waals surface area (Å²) in [6.45, 7) is 2.49. The van der Waals surface area contributed by atoms with Crippen LogP contribution in [0.5, 0.6) is 0 Å². The number of hydrogen-bond acceptors (Lipinski definition) is 3. The lowest BCUT2D eigenvalue weighted by Crippen LogP contribution is -2.27. The number of rotatable bonds is 4. The van der Waals surface area contributed by atoms with Crippen LogP contribution in [-0.2, 0) is 6.42 Å². The molecule has 12 heavy (non-hydrogen) atoms. The molecule has 0 fully saturated rings. The average molecular weight is 166 g/mol. The third-order valence-corrected chi connectivity index (χ3v) is 1.58. The van der Waals surface area contributed by atoms with E-state index in [1.807, 2.05) is 18.3 Å². The van der Waals surface area contributed by atoms with E-state index in [4.69, 9.17) is 5.11 Å². The Balaban J connectivity index is 2.25. The van der Waals surface area contributed by atoms with Crippen LogP contribution in [0.1, 0.15) is 12.5 Å². The number of hydrogen-bond donors (Lipinski definition) is 2. The van der Waals surface area contributed by atoms with Crippen LogP contribution in [0, 0.1) is 0 Å². The van der Waals surface area contributed by atoms with Gasteiger partial charge in [-0.25, -0.2) is 0 Å². The summed E-state index contributed by atoms with van der Waals surface area (Å²) in [6, 6.07) is 3.94. The topological polar surface area (TPSA) is 45.1 Å². The molecule has 1 rings (SSSR count). The molecule has 2 N–H and O–H groups in total. The van der Waals surface area contributed by atoms with E-state index >= 15 is 0 Å². The van der Waals surface area contributed by atoms with Gasteiger partial charge in [0, 0.05) is 18.9 Å². The quantitative estimate of drug-likeness (QED) is 0.642. The van der Waals surface area contributed by atoms with Gasteiger partial charge in [0.1, 0.15) is 6.23 Å². The smallest absolute Gasteiger partial charge is 0.102 e. The average Bonchev–Trinajstić information content (AvgIpc) is 2.05. The highest BCUT2D eigenvalue weighted by molar-refractivity contribution is 5.08. The normalized spacial score (nSPS) is 12.8. The molecule has 0 aliphatic heterocycles. The number of aromatic nitrogens is 1. The second-order valence-electron chi connectivity index (χ2n) is 2.74. The minimum Gasteiger partial charge on any atom is -0.379 e. The van der Waals surface area contributed by atoms with E-state index in [-0.39, 0.29) is 0 Å². The first kappa shape index (κ1) is 9.16. The molecular weight excluding hydrogens is 152 g/mol. The van der Waals surface area contributed by atoms with Crippen molar-refractivity contribution in [3.05, 3.63) is 30.1 Å². The van der Waals surface area contributed by atoms with E-state index in [0.717, 1.165) is 13.0 Å². The van der Waals surface area contributed by atoms with E-state index < -0.39 is 6.23 Å². The summed E-state index contributed by atoms with van der Waals surface area (Å²) >= 11 is 0. The second-order valence-corrected chi connectivity index (χ2v) is 2.74. The molecule has 1 atom stereocenters. The molecule has 3 nitrogen and oxygen atoms in total. The molecule has 0 aliphatic rings. The summed E-state index contributed by atoms with van der Waals surface area (Å²) in [4.78, 5) is 3.99. The van der Waals surface area contributed by atoms with Gasteiger partial charge in [0.25, 0.3) is 0 Å². The fourth-order valence-electron chi connectivity index (χ4n) is 0.971. The lowest BCUT2D eigenvalue weighted by Gasteiger charge is -2.06. The van der Waals surface area contributed by atoms with Crippen molar-refractivity contribution in [2.24, 2.45) is 0 Å². The van der Waals surface area contributed by atoms with Gasteiger partial charge in [-0.2, -0.15) is 0 Å². The van der Waals surface area contributed by atoms with Crippen LogP contribution in [-0.4, -0.2) is 22.9 Å². The first-order valence-electron chi connectivity index (χ1n) is 4.09. The van der Waals surface area contributed by atoms with Crippen LogP contribution in [0.25, 0.3) is 0 Å². The molecule has 3 heteroatoms. The molecule has 0 aromatic carbocycles. The molecule has 66 valence electrons. The number of aliphatic hydroxyl groups excluding tert-OH is 1. The molecule has 0 saturated carbocycles. The van der Waals surface area contributed by atoms with E-state index in [2.05, 4.69) is 10.3 Å². The van der Waals surface area contributed by atoms with Gasteiger partial charge in [-0.1, -0.05) is 6.07 Å². The van der Waals surface area contributed by atoms with Crippen molar-refractivity contribution in [1.29, 1.82) is 0 Å². The van der Waals surface area contributed by atoms with Crippen LogP contribution < -0.4 is 5.32 Å². The molecular formula is C9H14N2O. The maximum absolute atomic E-state index is 8.90. The first-order chi connectivity index (χ1) is 5.79. The minimum atomic E-state index is -0.429. The van der Waals surface area contributed by atoms with Gasteiger partial charge < -0.3 is 5.11 Å². The monoisotopic (exact) mass is 166 g/mol. The van der Waals surface area contributed by atoms with Crippen molar-refractivity contribution in [3.63, 3.8) is 0 Å². The largest absolute Gasteiger partial charge is 0.379 e. The summed E-state index contributed by atoms with van der Waals surface area (Å²) in [5, 5.41) is 11.8. The molecule has 0 bridgehead atoms. The Hall–Kier alpha value is -0.930. The summed E-state index contributed by atoms with van der Waals surface area (Å²) in [5.41, 5.74) is 1.19. The minimum absolute atomic E-state index is 0.429. The Morgan fingerprint density at radius 3 is 3.08 bits per heavy atom. The molecule has 0 spiro atoms. The molecule has 1 aromatic rings. The summed E-state index contributed by atoms with van der Waals surface area (Å²) in [7, 11) is 0. The van der Waals surface area contributed by atoms with E-state index in [1.54, 1.807) is 13.1 Å². The highest BCUT2D eigenvalue weighted by Gasteiger charge is 1.94. The fraction of sp³-hybridized carbons (Fsp3) is 0.444. The molecule has 1 heterocycles. The van der Waals surface area contributed by atoms with Gasteiger partial charge in [0.15, 0.2) is 0 Å². The number of nitrogens with zero attached hydrogens (tertiary/aromatic N) is 1. The maximum atomic E-state index is 8.90. The lowest BCUT2D eigenvalue weighted by molar-refractivity contribution is 0.157. The maximum Gasteiger partial charge on any atom is 0.102 e. The predicted octanol–water partition coefficient (Wildman–Crippen LogP) is 0.552. The van der Waals surface area contributed by atoms with Crippen molar-refractivity contribution in [2.75, 3.05) is 6.54 Å². The molecule has 0 radical (unpaired) electrons.